The predicted octanol–water partition coefficient (Wildman–Crippen LogP) is 4.83. The molecule has 0 amide bonds. The lowest BCUT2D eigenvalue weighted by Gasteiger charge is -2.30. The number of esters is 1. The highest BCUT2D eigenvalue weighted by atomic mass is 32.2. The van der Waals surface area contributed by atoms with Crippen LogP contribution in [0.4, 0.5) is 5.82 Å². The molecule has 2 N–H and O–H groups in total. The van der Waals surface area contributed by atoms with E-state index >= 15 is 0 Å². The van der Waals surface area contributed by atoms with E-state index in [0.29, 0.717) is 23.3 Å². The first-order chi connectivity index (χ1) is 15.5. The number of anilines is 1. The van der Waals surface area contributed by atoms with Crippen molar-refractivity contribution in [3.8, 4) is 5.75 Å². The zero-order valence-corrected chi connectivity index (χ0v) is 18.9. The molecule has 8 heteroatoms. The van der Waals surface area contributed by atoms with E-state index in [1.54, 1.807) is 12.5 Å². The zero-order chi connectivity index (χ0) is 22.5. The lowest BCUT2D eigenvalue weighted by atomic mass is 9.96. The van der Waals surface area contributed by atoms with E-state index in [9.17, 15) is 4.79 Å². The van der Waals surface area contributed by atoms with Crippen molar-refractivity contribution in [3.63, 3.8) is 0 Å². The van der Waals surface area contributed by atoms with Crippen molar-refractivity contribution in [3.05, 3.63) is 60.0 Å². The fourth-order valence-electron chi connectivity index (χ4n) is 3.84. The van der Waals surface area contributed by atoms with Gasteiger partial charge in [0.05, 0.1) is 23.7 Å². The van der Waals surface area contributed by atoms with Gasteiger partial charge < -0.3 is 19.6 Å². The second-order valence-electron chi connectivity index (χ2n) is 7.68. The molecule has 0 radical (unpaired) electrons. The number of nitrogen functional groups attached to an aromatic ring is 1. The molecular weight excluding hydrogens is 426 g/mol. The number of furan rings is 1. The van der Waals surface area contributed by atoms with Crippen molar-refractivity contribution < 1.29 is 18.7 Å². The summed E-state index contributed by atoms with van der Waals surface area (Å²) in [4.78, 5) is 19.2. The Morgan fingerprint density at radius 1 is 1.34 bits per heavy atom. The first-order valence-electron chi connectivity index (χ1n) is 10.7. The highest BCUT2D eigenvalue weighted by Crippen LogP contribution is 2.33. The summed E-state index contributed by atoms with van der Waals surface area (Å²) < 4.78 is 16.8. The fraction of sp³-hybridized carbons (Fsp3) is 0.333. The van der Waals surface area contributed by atoms with Gasteiger partial charge >= 0.3 is 5.97 Å². The summed E-state index contributed by atoms with van der Waals surface area (Å²) in [7, 11) is 0. The number of carbonyl (C=O) groups excluding carboxylic acids is 1. The summed E-state index contributed by atoms with van der Waals surface area (Å²) in [6, 6.07) is 9.48. The molecule has 32 heavy (non-hydrogen) atoms. The predicted molar refractivity (Wildman–Crippen MR) is 125 cm³/mol. The van der Waals surface area contributed by atoms with E-state index in [1.807, 2.05) is 37.3 Å². The standard InChI is InChI=1S/C24H27N3O4S/c1-3-29-24(28)17-8-11-27(12-9-17)14-18-15-30-21-13-19(6-7-20(18)21)31-16(2)32-22-5-4-10-26-23(22)25/h4-7,10,13,15,17H,2-3,8-9,11-12,14H2,1H3,(H2,25,26). The Hall–Kier alpha value is -2.97. The normalized spacial score (nSPS) is 15.0. The van der Waals surface area contributed by atoms with Crippen LogP contribution in [0.3, 0.4) is 0 Å². The van der Waals surface area contributed by atoms with E-state index in [2.05, 4.69) is 16.5 Å². The van der Waals surface area contributed by atoms with Gasteiger partial charge in [-0.1, -0.05) is 0 Å². The van der Waals surface area contributed by atoms with E-state index in [-0.39, 0.29) is 11.9 Å². The summed E-state index contributed by atoms with van der Waals surface area (Å²) in [5.41, 5.74) is 7.77. The summed E-state index contributed by atoms with van der Waals surface area (Å²) in [6.07, 6.45) is 5.10. The molecule has 0 aliphatic carbocycles. The van der Waals surface area contributed by atoms with E-state index in [4.69, 9.17) is 19.6 Å². The molecule has 1 fully saturated rings. The Morgan fingerprint density at radius 3 is 2.91 bits per heavy atom. The maximum atomic E-state index is 11.9. The van der Waals surface area contributed by atoms with Crippen molar-refractivity contribution in [1.29, 1.82) is 0 Å². The van der Waals surface area contributed by atoms with Crippen LogP contribution in [0.25, 0.3) is 11.0 Å². The minimum atomic E-state index is -0.0700. The fourth-order valence-corrected chi connectivity index (χ4v) is 4.53. The van der Waals surface area contributed by atoms with Gasteiger partial charge in [0.25, 0.3) is 0 Å². The number of nitrogens with two attached hydrogens (primary N) is 1. The third-order valence-corrected chi connectivity index (χ3v) is 6.36. The third-order valence-electron chi connectivity index (χ3n) is 5.48. The Balaban J connectivity index is 1.35. The molecule has 2 aromatic heterocycles. The van der Waals surface area contributed by atoms with Crippen LogP contribution in [-0.2, 0) is 16.1 Å². The second kappa shape index (κ2) is 10.1. The van der Waals surface area contributed by atoms with Crippen LogP contribution >= 0.6 is 11.8 Å². The molecule has 3 heterocycles. The number of thioether (sulfide) groups is 1. The average molecular weight is 454 g/mol. The summed E-state index contributed by atoms with van der Waals surface area (Å²) >= 11 is 1.33. The number of rotatable bonds is 8. The number of pyridine rings is 1. The smallest absolute Gasteiger partial charge is 0.309 e. The number of piperidine rings is 1. The van der Waals surface area contributed by atoms with E-state index in [1.165, 1.54) is 11.8 Å². The van der Waals surface area contributed by atoms with Gasteiger partial charge in [-0.15, -0.1) is 0 Å². The molecule has 4 rings (SSSR count). The van der Waals surface area contributed by atoms with Crippen molar-refractivity contribution in [2.24, 2.45) is 5.92 Å². The van der Waals surface area contributed by atoms with E-state index in [0.717, 1.165) is 53.9 Å². The topological polar surface area (TPSA) is 90.8 Å². The minimum absolute atomic E-state index is 0.0139. The highest BCUT2D eigenvalue weighted by Gasteiger charge is 2.26. The summed E-state index contributed by atoms with van der Waals surface area (Å²) in [5, 5.41) is 1.56. The van der Waals surface area contributed by atoms with Crippen molar-refractivity contribution >= 4 is 34.5 Å². The van der Waals surface area contributed by atoms with Gasteiger partial charge in [-0.05, 0) is 75.5 Å². The summed E-state index contributed by atoms with van der Waals surface area (Å²) in [6.45, 7) is 8.77. The summed E-state index contributed by atoms with van der Waals surface area (Å²) in [5.74, 6) is 1.03. The molecule has 1 saturated heterocycles. The third kappa shape index (κ3) is 5.26. The van der Waals surface area contributed by atoms with Crippen LogP contribution < -0.4 is 10.5 Å². The number of hydrogen-bond acceptors (Lipinski definition) is 8. The van der Waals surface area contributed by atoms with Crippen LogP contribution in [0.1, 0.15) is 25.3 Å². The van der Waals surface area contributed by atoms with Crippen LogP contribution in [0.2, 0.25) is 0 Å². The van der Waals surface area contributed by atoms with Gasteiger partial charge in [0.1, 0.15) is 17.2 Å². The number of likely N-dealkylation sites (tertiary alicyclic amines) is 1. The van der Waals surface area contributed by atoms with Gasteiger partial charge in [0.2, 0.25) is 0 Å². The van der Waals surface area contributed by atoms with Gasteiger partial charge in [0.15, 0.2) is 5.09 Å². The Labute approximate surface area is 191 Å². The molecule has 168 valence electrons. The number of ether oxygens (including phenoxy) is 2. The van der Waals surface area contributed by atoms with Crippen LogP contribution in [0, 0.1) is 5.92 Å². The number of carbonyl (C=O) groups is 1. The number of aromatic nitrogens is 1. The largest absolute Gasteiger partial charge is 0.466 e. The second-order valence-corrected chi connectivity index (χ2v) is 8.78. The van der Waals surface area contributed by atoms with Gasteiger partial charge in [-0.3, -0.25) is 9.69 Å². The molecular formula is C24H27N3O4S. The zero-order valence-electron chi connectivity index (χ0n) is 18.1. The Kier molecular flexibility index (Phi) is 7.02. The lowest BCUT2D eigenvalue weighted by molar-refractivity contribution is -0.149. The van der Waals surface area contributed by atoms with E-state index < -0.39 is 0 Å². The maximum Gasteiger partial charge on any atom is 0.309 e. The Morgan fingerprint density at radius 2 is 2.16 bits per heavy atom. The number of fused-ring (bicyclic) bond motifs is 1. The minimum Gasteiger partial charge on any atom is -0.466 e. The molecule has 0 saturated carbocycles. The molecule has 0 unspecified atom stereocenters. The monoisotopic (exact) mass is 453 g/mol. The van der Waals surface area contributed by atoms with Gasteiger partial charge in [-0.2, -0.15) is 0 Å². The van der Waals surface area contributed by atoms with Crippen molar-refractivity contribution in [2.45, 2.75) is 31.2 Å². The quantitative estimate of drug-likeness (QED) is 0.295. The number of benzene rings is 1. The van der Waals surface area contributed by atoms with Crippen LogP contribution in [0.15, 0.2) is 63.8 Å². The Bertz CT molecular complexity index is 1110. The molecule has 0 spiro atoms. The lowest BCUT2D eigenvalue weighted by Crippen LogP contribution is -2.36. The first kappa shape index (κ1) is 22.2. The van der Waals surface area contributed by atoms with Crippen molar-refractivity contribution in [2.75, 3.05) is 25.4 Å². The molecule has 0 atom stereocenters. The number of nitrogens with zero attached hydrogens (tertiary/aromatic N) is 2. The number of hydrogen-bond donors (Lipinski definition) is 1. The highest BCUT2D eigenvalue weighted by molar-refractivity contribution is 8.03. The SMILES string of the molecule is C=C(Oc1ccc2c(CN3CCC(C(=O)OCC)CC3)coc2c1)Sc1cccnc1N. The first-order valence-corrected chi connectivity index (χ1v) is 11.5. The van der Waals surface area contributed by atoms with Crippen LogP contribution in [-0.4, -0.2) is 35.5 Å². The molecule has 1 aromatic carbocycles. The van der Waals surface area contributed by atoms with Gasteiger partial charge in [-0.25, -0.2) is 4.98 Å². The van der Waals surface area contributed by atoms with Crippen LogP contribution in [0.5, 0.6) is 5.75 Å². The van der Waals surface area contributed by atoms with Crippen molar-refractivity contribution in [1.82, 2.24) is 9.88 Å². The molecule has 7 nitrogen and oxygen atoms in total. The average Bonchev–Trinajstić information content (AvgIpc) is 3.18. The molecule has 3 aromatic rings. The van der Waals surface area contributed by atoms with Gasteiger partial charge in [0, 0.05) is 29.8 Å². The molecule has 1 aliphatic rings. The molecule has 0 bridgehead atoms. The maximum absolute atomic E-state index is 11.9. The molecule has 1 aliphatic heterocycles.